The Morgan fingerprint density at radius 1 is 1.59 bits per heavy atom. The van der Waals surface area contributed by atoms with Crippen LogP contribution in [-0.4, -0.2) is 46.1 Å². The number of aromatic nitrogens is 3. The largest absolute Gasteiger partial charge is 0.389 e. The lowest BCUT2D eigenvalue weighted by Crippen LogP contribution is -2.24. The van der Waals surface area contributed by atoms with Gasteiger partial charge in [0, 0.05) is 19.9 Å². The smallest absolute Gasteiger partial charge is 0.243 e. The van der Waals surface area contributed by atoms with Crippen LogP contribution in [0.2, 0.25) is 0 Å². The number of pyridine rings is 1. The molecule has 92 valence electrons. The fourth-order valence-corrected chi connectivity index (χ4v) is 1.52. The second-order valence-corrected chi connectivity index (χ2v) is 3.93. The second-order valence-electron chi connectivity index (χ2n) is 3.93. The molecule has 0 saturated heterocycles. The van der Waals surface area contributed by atoms with Gasteiger partial charge in [0.1, 0.15) is 0 Å². The van der Waals surface area contributed by atoms with Gasteiger partial charge in [0.25, 0.3) is 0 Å². The number of hydrogen-bond acceptors (Lipinski definition) is 5. The first-order valence-corrected chi connectivity index (χ1v) is 5.43. The summed E-state index contributed by atoms with van der Waals surface area (Å²) in [6.07, 6.45) is 1.29. The fourth-order valence-electron chi connectivity index (χ4n) is 1.52. The van der Waals surface area contributed by atoms with Crippen LogP contribution in [0, 0.1) is 6.92 Å². The van der Waals surface area contributed by atoms with Crippen LogP contribution in [0.5, 0.6) is 0 Å². The lowest BCUT2D eigenvalue weighted by atomic mass is 10.3. The van der Waals surface area contributed by atoms with Crippen LogP contribution in [0.4, 0.5) is 5.95 Å². The lowest BCUT2D eigenvalue weighted by Gasteiger charge is -2.08. The molecule has 6 heteroatoms. The molecule has 2 aromatic heterocycles. The van der Waals surface area contributed by atoms with Gasteiger partial charge in [0.15, 0.2) is 5.65 Å². The van der Waals surface area contributed by atoms with Gasteiger partial charge in [-0.1, -0.05) is 0 Å². The Balaban J connectivity index is 2.04. The summed E-state index contributed by atoms with van der Waals surface area (Å²) in [7, 11) is 1.55. The average Bonchev–Trinajstić information content (AvgIpc) is 2.68. The van der Waals surface area contributed by atoms with Crippen LogP contribution in [-0.2, 0) is 4.74 Å². The van der Waals surface area contributed by atoms with Crippen LogP contribution in [0.3, 0.4) is 0 Å². The number of methoxy groups -OCH3 is 1. The molecule has 1 unspecified atom stereocenters. The van der Waals surface area contributed by atoms with Crippen molar-refractivity contribution >= 4 is 11.6 Å². The number of ether oxygens (including phenoxy) is 1. The van der Waals surface area contributed by atoms with Crippen LogP contribution in [0.25, 0.3) is 5.65 Å². The summed E-state index contributed by atoms with van der Waals surface area (Å²) >= 11 is 0. The minimum absolute atomic E-state index is 0.291. The predicted molar refractivity (Wildman–Crippen MR) is 64.1 cm³/mol. The highest BCUT2D eigenvalue weighted by molar-refractivity contribution is 5.45. The Hall–Kier alpha value is -1.66. The number of hydrogen-bond donors (Lipinski definition) is 2. The van der Waals surface area contributed by atoms with Crippen molar-refractivity contribution in [3.63, 3.8) is 0 Å². The van der Waals surface area contributed by atoms with E-state index in [-0.39, 0.29) is 0 Å². The molecule has 0 aliphatic carbocycles. The highest BCUT2D eigenvalue weighted by atomic mass is 16.5. The van der Waals surface area contributed by atoms with Crippen molar-refractivity contribution in [2.45, 2.75) is 13.0 Å². The summed E-state index contributed by atoms with van der Waals surface area (Å²) in [6, 6.07) is 3.91. The zero-order chi connectivity index (χ0) is 12.3. The molecule has 2 rings (SSSR count). The topological polar surface area (TPSA) is 71.7 Å². The maximum atomic E-state index is 9.48. The molecule has 6 nitrogen and oxygen atoms in total. The van der Waals surface area contributed by atoms with Gasteiger partial charge in [-0.3, -0.25) is 0 Å². The number of fused-ring (bicyclic) bond motifs is 1. The lowest BCUT2D eigenvalue weighted by molar-refractivity contribution is 0.0726. The molecule has 0 fully saturated rings. The summed E-state index contributed by atoms with van der Waals surface area (Å²) in [5.74, 6) is 0.505. The molecule has 0 aliphatic heterocycles. The Morgan fingerprint density at radius 2 is 2.41 bits per heavy atom. The predicted octanol–water partition coefficient (Wildman–Crippen LogP) is 0.457. The quantitative estimate of drug-likeness (QED) is 0.789. The number of aryl methyl sites for hydroxylation is 1. The van der Waals surface area contributed by atoms with Gasteiger partial charge in [-0.05, 0) is 24.6 Å². The number of nitrogens with one attached hydrogen (secondary N) is 1. The third kappa shape index (κ3) is 2.92. The van der Waals surface area contributed by atoms with Crippen molar-refractivity contribution in [3.8, 4) is 0 Å². The van der Waals surface area contributed by atoms with E-state index in [0.717, 1.165) is 11.2 Å². The number of nitrogens with zero attached hydrogens (tertiary/aromatic N) is 3. The van der Waals surface area contributed by atoms with Gasteiger partial charge in [-0.25, -0.2) is 4.52 Å². The summed E-state index contributed by atoms with van der Waals surface area (Å²) in [4.78, 5) is 4.29. The second kappa shape index (κ2) is 5.11. The monoisotopic (exact) mass is 236 g/mol. The van der Waals surface area contributed by atoms with E-state index >= 15 is 0 Å². The third-order valence-electron chi connectivity index (χ3n) is 2.35. The highest BCUT2D eigenvalue weighted by Crippen LogP contribution is 2.07. The Bertz CT molecular complexity index is 497. The Labute approximate surface area is 99.2 Å². The molecule has 0 amide bonds. The van der Waals surface area contributed by atoms with E-state index in [9.17, 15) is 5.11 Å². The standard InChI is InChI=1S/C11H16N4O2/c1-8-3-4-15-10(5-8)13-11(14-15)12-6-9(16)7-17-2/h3-5,9,16H,6-7H2,1-2H3,(H,12,14). The molecule has 17 heavy (non-hydrogen) atoms. The molecule has 0 radical (unpaired) electrons. The molecular weight excluding hydrogens is 220 g/mol. The first-order valence-electron chi connectivity index (χ1n) is 5.43. The minimum atomic E-state index is -0.562. The summed E-state index contributed by atoms with van der Waals surface area (Å²) in [6.45, 7) is 2.66. The molecule has 1 atom stereocenters. The maximum Gasteiger partial charge on any atom is 0.243 e. The van der Waals surface area contributed by atoms with Crippen molar-refractivity contribution in [1.29, 1.82) is 0 Å². The molecule has 2 aromatic rings. The fraction of sp³-hybridized carbons (Fsp3) is 0.455. The van der Waals surface area contributed by atoms with E-state index in [4.69, 9.17) is 4.74 Å². The van der Waals surface area contributed by atoms with E-state index in [1.165, 1.54) is 0 Å². The molecule has 0 aromatic carbocycles. The SMILES string of the molecule is COCC(O)CNc1nc2cc(C)ccn2n1. The number of aliphatic hydroxyl groups is 1. The molecule has 0 aliphatic rings. The maximum absolute atomic E-state index is 9.48. The number of anilines is 1. The zero-order valence-corrected chi connectivity index (χ0v) is 9.92. The van der Waals surface area contributed by atoms with Crippen molar-refractivity contribution in [3.05, 3.63) is 23.9 Å². The van der Waals surface area contributed by atoms with Crippen molar-refractivity contribution in [1.82, 2.24) is 14.6 Å². The zero-order valence-electron chi connectivity index (χ0n) is 9.92. The van der Waals surface area contributed by atoms with Crippen molar-refractivity contribution in [2.24, 2.45) is 0 Å². The van der Waals surface area contributed by atoms with Crippen molar-refractivity contribution in [2.75, 3.05) is 25.6 Å². The number of rotatable bonds is 5. The van der Waals surface area contributed by atoms with Gasteiger partial charge >= 0.3 is 0 Å². The Kier molecular flexibility index (Phi) is 3.55. The van der Waals surface area contributed by atoms with E-state index in [0.29, 0.717) is 19.1 Å². The third-order valence-corrected chi connectivity index (χ3v) is 2.35. The first kappa shape index (κ1) is 11.8. The molecule has 0 saturated carbocycles. The van der Waals surface area contributed by atoms with Gasteiger partial charge in [-0.15, -0.1) is 5.10 Å². The summed E-state index contributed by atoms with van der Waals surface area (Å²) in [5.41, 5.74) is 1.92. The first-order chi connectivity index (χ1) is 8.19. The molecule has 0 bridgehead atoms. The van der Waals surface area contributed by atoms with Crippen LogP contribution >= 0.6 is 0 Å². The molecule has 0 spiro atoms. The Morgan fingerprint density at radius 3 is 3.18 bits per heavy atom. The molecule has 2 N–H and O–H groups in total. The van der Waals surface area contributed by atoms with Gasteiger partial charge in [-0.2, -0.15) is 4.98 Å². The summed E-state index contributed by atoms with van der Waals surface area (Å²) < 4.78 is 6.52. The average molecular weight is 236 g/mol. The van der Waals surface area contributed by atoms with E-state index in [2.05, 4.69) is 15.4 Å². The molecule has 2 heterocycles. The van der Waals surface area contributed by atoms with E-state index < -0.39 is 6.10 Å². The summed E-state index contributed by atoms with van der Waals surface area (Å²) in [5, 5.41) is 16.7. The van der Waals surface area contributed by atoms with Crippen LogP contribution in [0.15, 0.2) is 18.3 Å². The number of aliphatic hydroxyl groups excluding tert-OH is 1. The van der Waals surface area contributed by atoms with Crippen LogP contribution < -0.4 is 5.32 Å². The van der Waals surface area contributed by atoms with Gasteiger partial charge < -0.3 is 15.2 Å². The van der Waals surface area contributed by atoms with E-state index in [1.54, 1.807) is 11.6 Å². The van der Waals surface area contributed by atoms with Gasteiger partial charge in [0.05, 0.1) is 12.7 Å². The van der Waals surface area contributed by atoms with Crippen molar-refractivity contribution < 1.29 is 9.84 Å². The minimum Gasteiger partial charge on any atom is -0.389 e. The van der Waals surface area contributed by atoms with Crippen LogP contribution in [0.1, 0.15) is 5.56 Å². The highest BCUT2D eigenvalue weighted by Gasteiger charge is 2.06. The van der Waals surface area contributed by atoms with E-state index in [1.807, 2.05) is 25.3 Å². The normalized spacial score (nSPS) is 12.9. The van der Waals surface area contributed by atoms with Gasteiger partial charge in [0.2, 0.25) is 5.95 Å². The molecular formula is C11H16N4O2.